The summed E-state index contributed by atoms with van der Waals surface area (Å²) < 4.78 is 40.3. The minimum absolute atomic E-state index is 0.0954. The van der Waals surface area contributed by atoms with Crippen LogP contribution in [-0.4, -0.2) is 35.8 Å². The fraction of sp³-hybridized carbons (Fsp3) is 0.538. The lowest BCUT2D eigenvalue weighted by molar-refractivity contribution is 0.0932. The molecule has 1 aliphatic heterocycles. The Morgan fingerprint density at radius 2 is 2.18 bits per heavy atom. The zero-order valence-electron chi connectivity index (χ0n) is 12.6. The van der Waals surface area contributed by atoms with Crippen LogP contribution in [0.15, 0.2) is 21.8 Å². The van der Waals surface area contributed by atoms with Gasteiger partial charge in [0.05, 0.1) is 6.04 Å². The van der Waals surface area contributed by atoms with Gasteiger partial charge in [0.25, 0.3) is 0 Å². The van der Waals surface area contributed by atoms with Crippen LogP contribution in [0.1, 0.15) is 29.8 Å². The Kier molecular flexibility index (Phi) is 3.79. The summed E-state index contributed by atoms with van der Waals surface area (Å²) in [7, 11) is -1.87. The van der Waals surface area contributed by atoms with Crippen LogP contribution in [0, 0.1) is 13.8 Å². The highest BCUT2D eigenvalue weighted by atomic mass is 32.2. The van der Waals surface area contributed by atoms with Crippen molar-refractivity contribution in [3.05, 3.63) is 29.7 Å². The third kappa shape index (κ3) is 2.55. The van der Waals surface area contributed by atoms with Crippen molar-refractivity contribution in [1.82, 2.24) is 19.4 Å². The van der Waals surface area contributed by atoms with Crippen molar-refractivity contribution in [1.29, 1.82) is 0 Å². The van der Waals surface area contributed by atoms with Crippen molar-refractivity contribution in [2.75, 3.05) is 6.61 Å². The molecule has 9 heteroatoms. The molecule has 0 amide bonds. The Morgan fingerprint density at radius 3 is 2.77 bits per heavy atom. The van der Waals surface area contributed by atoms with Crippen LogP contribution in [-0.2, 0) is 21.8 Å². The lowest BCUT2D eigenvalue weighted by Crippen LogP contribution is -2.37. The second-order valence-electron chi connectivity index (χ2n) is 5.36. The van der Waals surface area contributed by atoms with Gasteiger partial charge in [-0.15, -0.1) is 0 Å². The van der Waals surface area contributed by atoms with Gasteiger partial charge in [-0.05, 0) is 20.3 Å². The van der Waals surface area contributed by atoms with Crippen LogP contribution in [0.25, 0.3) is 0 Å². The van der Waals surface area contributed by atoms with Gasteiger partial charge >= 0.3 is 0 Å². The van der Waals surface area contributed by atoms with Crippen molar-refractivity contribution in [3.8, 4) is 0 Å². The maximum atomic E-state index is 12.6. The lowest BCUT2D eigenvalue weighted by Gasteiger charge is -2.19. The van der Waals surface area contributed by atoms with E-state index in [1.807, 2.05) is 11.6 Å². The fourth-order valence-corrected chi connectivity index (χ4v) is 4.33. The largest absolute Gasteiger partial charge is 0.369 e. The third-order valence-electron chi connectivity index (χ3n) is 3.75. The number of imidazole rings is 1. The summed E-state index contributed by atoms with van der Waals surface area (Å²) in [6.07, 6.45) is 3.64. The number of ether oxygens (including phenoxy) is 1. The van der Waals surface area contributed by atoms with Gasteiger partial charge in [0, 0.05) is 26.0 Å². The maximum absolute atomic E-state index is 12.6. The van der Waals surface area contributed by atoms with Gasteiger partial charge in [0.1, 0.15) is 22.5 Å². The van der Waals surface area contributed by atoms with Crippen molar-refractivity contribution < 1.29 is 17.7 Å². The smallest absolute Gasteiger partial charge is 0.246 e. The molecule has 1 saturated heterocycles. The molecule has 1 aliphatic rings. The summed E-state index contributed by atoms with van der Waals surface area (Å²) in [4.78, 5) is 4.34. The molecule has 0 radical (unpaired) electrons. The molecule has 0 unspecified atom stereocenters. The van der Waals surface area contributed by atoms with Gasteiger partial charge in [0.2, 0.25) is 10.0 Å². The zero-order chi connectivity index (χ0) is 15.9. The maximum Gasteiger partial charge on any atom is 0.246 e. The fourth-order valence-electron chi connectivity index (χ4n) is 2.73. The van der Waals surface area contributed by atoms with Crippen LogP contribution in [0.4, 0.5) is 0 Å². The molecule has 2 atom stereocenters. The van der Waals surface area contributed by atoms with E-state index >= 15 is 0 Å². The Labute approximate surface area is 128 Å². The first-order valence-electron chi connectivity index (χ1n) is 6.94. The van der Waals surface area contributed by atoms with Gasteiger partial charge in [0.15, 0.2) is 5.76 Å². The van der Waals surface area contributed by atoms with E-state index in [0.29, 0.717) is 24.5 Å². The van der Waals surface area contributed by atoms with Crippen LogP contribution in [0.5, 0.6) is 0 Å². The van der Waals surface area contributed by atoms with Crippen LogP contribution in [0.3, 0.4) is 0 Å². The average Bonchev–Trinajstić information content (AvgIpc) is 3.11. The predicted octanol–water partition coefficient (Wildman–Crippen LogP) is 0.833. The van der Waals surface area contributed by atoms with Gasteiger partial charge in [-0.1, -0.05) is 5.16 Å². The summed E-state index contributed by atoms with van der Waals surface area (Å²) >= 11 is 0. The number of hydrogen-bond acceptors (Lipinski definition) is 6. The van der Waals surface area contributed by atoms with Crippen molar-refractivity contribution >= 4 is 10.0 Å². The number of sulfonamides is 1. The molecular weight excluding hydrogens is 308 g/mol. The van der Waals surface area contributed by atoms with E-state index in [-0.39, 0.29) is 16.7 Å². The first-order valence-corrected chi connectivity index (χ1v) is 8.42. The van der Waals surface area contributed by atoms with Crippen LogP contribution >= 0.6 is 0 Å². The molecular formula is C13H18N4O4S. The molecule has 22 heavy (non-hydrogen) atoms. The van der Waals surface area contributed by atoms with Gasteiger partial charge in [-0.25, -0.2) is 18.1 Å². The number of nitrogens with zero attached hydrogens (tertiary/aromatic N) is 3. The Bertz CT molecular complexity index is 760. The van der Waals surface area contributed by atoms with Crippen molar-refractivity contribution in [2.45, 2.75) is 37.3 Å². The Hall–Kier alpha value is -1.71. The number of rotatable bonds is 4. The first-order chi connectivity index (χ1) is 10.4. The number of aromatic nitrogens is 3. The standard InChI is InChI=1S/C13H18N4O4S/c1-8-12(9(2)21-15-8)22(18,19)16-10-4-7-20-11(10)13-14-5-6-17(13)3/h5-6,10-11,16H,4,7H2,1-3H3/t10-,11-/m0/s1. The van der Waals surface area contributed by atoms with Crippen LogP contribution < -0.4 is 4.72 Å². The van der Waals surface area contributed by atoms with Gasteiger partial charge < -0.3 is 13.8 Å². The molecule has 120 valence electrons. The summed E-state index contributed by atoms with van der Waals surface area (Å²) in [5.41, 5.74) is 0.345. The van der Waals surface area contributed by atoms with E-state index in [1.165, 1.54) is 0 Å². The second-order valence-corrected chi connectivity index (χ2v) is 7.01. The van der Waals surface area contributed by atoms with E-state index < -0.39 is 16.1 Å². The Balaban J connectivity index is 1.87. The van der Waals surface area contributed by atoms with E-state index in [1.54, 1.807) is 26.2 Å². The molecule has 0 bridgehead atoms. The second kappa shape index (κ2) is 5.49. The minimum Gasteiger partial charge on any atom is -0.369 e. The molecule has 3 rings (SSSR count). The lowest BCUT2D eigenvalue weighted by atomic mass is 10.1. The molecule has 2 aromatic heterocycles. The average molecular weight is 326 g/mol. The van der Waals surface area contributed by atoms with Crippen LogP contribution in [0.2, 0.25) is 0 Å². The molecule has 8 nitrogen and oxygen atoms in total. The quantitative estimate of drug-likeness (QED) is 0.893. The van der Waals surface area contributed by atoms with Crippen molar-refractivity contribution in [2.24, 2.45) is 7.05 Å². The van der Waals surface area contributed by atoms with Gasteiger partial charge in [-0.3, -0.25) is 0 Å². The van der Waals surface area contributed by atoms with E-state index in [0.717, 1.165) is 0 Å². The molecule has 0 aromatic carbocycles. The predicted molar refractivity (Wildman–Crippen MR) is 76.6 cm³/mol. The van der Waals surface area contributed by atoms with E-state index in [2.05, 4.69) is 14.9 Å². The molecule has 3 heterocycles. The van der Waals surface area contributed by atoms with Gasteiger partial charge in [-0.2, -0.15) is 0 Å². The SMILES string of the molecule is Cc1noc(C)c1S(=O)(=O)N[C@H]1CCO[C@@H]1c1nccn1C. The summed E-state index contributed by atoms with van der Waals surface area (Å²) in [5, 5.41) is 3.70. The molecule has 0 aliphatic carbocycles. The van der Waals surface area contributed by atoms with Crippen molar-refractivity contribution in [3.63, 3.8) is 0 Å². The topological polar surface area (TPSA) is 99.2 Å². The molecule has 2 aromatic rings. The Morgan fingerprint density at radius 1 is 1.41 bits per heavy atom. The third-order valence-corrected chi connectivity index (χ3v) is 5.48. The number of hydrogen-bond donors (Lipinski definition) is 1. The highest BCUT2D eigenvalue weighted by Crippen LogP contribution is 2.30. The molecule has 1 N–H and O–H groups in total. The monoisotopic (exact) mass is 326 g/mol. The van der Waals surface area contributed by atoms with E-state index in [9.17, 15) is 8.42 Å². The summed E-state index contributed by atoms with van der Waals surface area (Å²) in [5.74, 6) is 0.974. The zero-order valence-corrected chi connectivity index (χ0v) is 13.4. The normalized spacial score (nSPS) is 22.3. The first kappa shape index (κ1) is 15.2. The molecule has 1 fully saturated rings. The minimum atomic E-state index is -3.72. The summed E-state index contributed by atoms with van der Waals surface area (Å²) in [6, 6.07) is -0.375. The van der Waals surface area contributed by atoms with E-state index in [4.69, 9.17) is 9.26 Å². The number of nitrogens with one attached hydrogen (secondary N) is 1. The molecule has 0 saturated carbocycles. The molecule has 0 spiro atoms. The highest BCUT2D eigenvalue weighted by Gasteiger charge is 2.37. The summed E-state index contributed by atoms with van der Waals surface area (Å²) in [6.45, 7) is 3.66. The number of aryl methyl sites for hydroxylation is 3. The highest BCUT2D eigenvalue weighted by molar-refractivity contribution is 7.89.